The van der Waals surface area contributed by atoms with Gasteiger partial charge in [-0.3, -0.25) is 9.98 Å². The smallest absolute Gasteiger partial charge is 0.326 e. The number of rotatable bonds is 5. The van der Waals surface area contributed by atoms with Gasteiger partial charge in [-0.05, 0) is 43.5 Å². The lowest BCUT2D eigenvalue weighted by Gasteiger charge is -2.15. The van der Waals surface area contributed by atoms with E-state index in [0.717, 1.165) is 18.9 Å². The van der Waals surface area contributed by atoms with Crippen molar-refractivity contribution in [1.29, 1.82) is 0 Å². The normalized spacial score (nSPS) is 16.1. The Kier molecular flexibility index (Phi) is 4.72. The Labute approximate surface area is 179 Å². The van der Waals surface area contributed by atoms with Crippen LogP contribution in [0.4, 0.5) is 14.6 Å². The predicted octanol–water partition coefficient (Wildman–Crippen LogP) is 1.51. The van der Waals surface area contributed by atoms with Crippen LogP contribution >= 0.6 is 0 Å². The fourth-order valence-corrected chi connectivity index (χ4v) is 3.40. The van der Waals surface area contributed by atoms with Gasteiger partial charge in [0.05, 0.1) is 18.3 Å². The van der Waals surface area contributed by atoms with Crippen LogP contribution in [0.1, 0.15) is 37.1 Å². The number of benzene rings is 1. The minimum absolute atomic E-state index is 0.189. The van der Waals surface area contributed by atoms with Crippen LogP contribution in [0, 0.1) is 11.6 Å². The second kappa shape index (κ2) is 7.59. The van der Waals surface area contributed by atoms with Gasteiger partial charge in [0, 0.05) is 17.4 Å². The lowest BCUT2D eigenvalue weighted by Crippen LogP contribution is -2.21. The van der Waals surface area contributed by atoms with Gasteiger partial charge in [0.1, 0.15) is 23.1 Å². The zero-order chi connectivity index (χ0) is 22.4. The Balaban J connectivity index is 1.61. The summed E-state index contributed by atoms with van der Waals surface area (Å²) in [7, 11) is 0. The molecule has 3 heterocycles. The van der Waals surface area contributed by atoms with Crippen LogP contribution in [0.3, 0.4) is 0 Å². The fourth-order valence-electron chi connectivity index (χ4n) is 3.40. The molecule has 1 aliphatic carbocycles. The summed E-state index contributed by atoms with van der Waals surface area (Å²) in [6, 6.07) is 4.84. The maximum absolute atomic E-state index is 13.6. The van der Waals surface area contributed by atoms with E-state index in [1.54, 1.807) is 29.8 Å². The first-order valence-electron chi connectivity index (χ1n) is 10.0. The highest BCUT2D eigenvalue weighted by atomic mass is 19.1. The van der Waals surface area contributed by atoms with Gasteiger partial charge < -0.3 is 15.4 Å². The number of fused-ring (bicyclic) bond motifs is 1. The number of nitrogens with one attached hydrogen (secondary N) is 3. The summed E-state index contributed by atoms with van der Waals surface area (Å²) in [4.78, 5) is 25.5. The number of aromatic hydroxyl groups is 1. The first-order chi connectivity index (χ1) is 15.4. The number of halogens is 2. The van der Waals surface area contributed by atoms with E-state index in [9.17, 15) is 18.7 Å². The van der Waals surface area contributed by atoms with E-state index >= 15 is 0 Å². The molecular weight excluding hydrogens is 420 g/mol. The van der Waals surface area contributed by atoms with Crippen molar-refractivity contribution in [2.45, 2.75) is 31.8 Å². The third-order valence-corrected chi connectivity index (χ3v) is 5.13. The van der Waals surface area contributed by atoms with E-state index in [4.69, 9.17) is 0 Å². The molecule has 5 rings (SSSR count). The van der Waals surface area contributed by atoms with E-state index < -0.39 is 23.4 Å². The van der Waals surface area contributed by atoms with Crippen LogP contribution in [0.2, 0.25) is 0 Å². The number of hydrogen-bond acceptors (Lipinski definition) is 6. The van der Waals surface area contributed by atoms with Crippen molar-refractivity contribution in [3.63, 3.8) is 0 Å². The molecule has 11 heteroatoms. The SMILES string of the molecule is CC(Nc1cc(=NC2CC2)n2nc/c(=C\c3[nH]c(=O)[nH]c3O)c2n1)c1cc(F)cc(F)c1. The molecule has 0 bridgehead atoms. The van der Waals surface area contributed by atoms with E-state index in [0.29, 0.717) is 27.7 Å². The van der Waals surface area contributed by atoms with Gasteiger partial charge in [-0.1, -0.05) is 0 Å². The molecule has 4 aromatic rings. The molecule has 3 aromatic heterocycles. The molecule has 0 spiro atoms. The molecule has 0 amide bonds. The molecule has 0 aliphatic heterocycles. The highest BCUT2D eigenvalue weighted by Gasteiger charge is 2.20. The van der Waals surface area contributed by atoms with Gasteiger partial charge in [-0.25, -0.2) is 18.6 Å². The Bertz CT molecular complexity index is 1480. The largest absolute Gasteiger partial charge is 0.493 e. The van der Waals surface area contributed by atoms with Crippen LogP contribution in [0.15, 0.2) is 40.2 Å². The molecule has 1 fully saturated rings. The van der Waals surface area contributed by atoms with E-state index in [-0.39, 0.29) is 17.6 Å². The third kappa shape index (κ3) is 3.96. The summed E-state index contributed by atoms with van der Waals surface area (Å²) in [5, 5.41) is 17.9. The topological polar surface area (TPSA) is 123 Å². The summed E-state index contributed by atoms with van der Waals surface area (Å²) in [6.07, 6.45) is 5.07. The van der Waals surface area contributed by atoms with Crippen molar-refractivity contribution >= 4 is 17.5 Å². The van der Waals surface area contributed by atoms with Gasteiger partial charge in [-0.2, -0.15) is 9.61 Å². The number of nitrogens with zero attached hydrogens (tertiary/aromatic N) is 4. The van der Waals surface area contributed by atoms with E-state index in [1.165, 1.54) is 12.1 Å². The van der Waals surface area contributed by atoms with Crippen LogP contribution < -0.4 is 21.7 Å². The van der Waals surface area contributed by atoms with Crippen molar-refractivity contribution in [3.05, 3.63) is 74.5 Å². The van der Waals surface area contributed by atoms with Gasteiger partial charge in [-0.15, -0.1) is 0 Å². The summed E-state index contributed by atoms with van der Waals surface area (Å²) in [5.74, 6) is -1.17. The monoisotopic (exact) mass is 439 g/mol. The minimum atomic E-state index is -0.658. The molecule has 0 radical (unpaired) electrons. The molecule has 9 nitrogen and oxygen atoms in total. The maximum atomic E-state index is 13.6. The van der Waals surface area contributed by atoms with Gasteiger partial charge in [0.2, 0.25) is 5.88 Å². The summed E-state index contributed by atoms with van der Waals surface area (Å²) in [5.41, 5.74) is 1.09. The van der Waals surface area contributed by atoms with Crippen molar-refractivity contribution < 1.29 is 13.9 Å². The van der Waals surface area contributed by atoms with Crippen molar-refractivity contribution in [3.8, 4) is 5.88 Å². The highest BCUT2D eigenvalue weighted by molar-refractivity contribution is 5.58. The second-order valence-electron chi connectivity index (χ2n) is 7.75. The summed E-state index contributed by atoms with van der Waals surface area (Å²) < 4.78 is 28.9. The molecule has 1 unspecified atom stereocenters. The number of H-pyrrole nitrogens is 2. The minimum Gasteiger partial charge on any atom is -0.493 e. The Morgan fingerprint density at radius 3 is 2.66 bits per heavy atom. The Hall–Kier alpha value is -4.02. The van der Waals surface area contributed by atoms with Gasteiger partial charge in [0.25, 0.3) is 0 Å². The number of aromatic amines is 2. The second-order valence-corrected chi connectivity index (χ2v) is 7.75. The average molecular weight is 439 g/mol. The van der Waals surface area contributed by atoms with E-state index in [1.807, 2.05) is 0 Å². The molecule has 1 atom stereocenters. The van der Waals surface area contributed by atoms with Crippen molar-refractivity contribution in [2.75, 3.05) is 5.32 Å². The fraction of sp³-hybridized carbons (Fsp3) is 0.238. The quantitative estimate of drug-likeness (QED) is 0.375. The molecule has 1 aromatic carbocycles. The summed E-state index contributed by atoms with van der Waals surface area (Å²) in [6.45, 7) is 1.77. The molecule has 164 valence electrons. The van der Waals surface area contributed by atoms with E-state index in [2.05, 4.69) is 30.4 Å². The number of aromatic nitrogens is 5. The first-order valence-corrected chi connectivity index (χ1v) is 10.0. The van der Waals surface area contributed by atoms with Crippen LogP contribution in [-0.2, 0) is 0 Å². The summed E-state index contributed by atoms with van der Waals surface area (Å²) >= 11 is 0. The number of hydrogen-bond donors (Lipinski definition) is 4. The highest BCUT2D eigenvalue weighted by Crippen LogP contribution is 2.23. The number of imidazole rings is 1. The van der Waals surface area contributed by atoms with Crippen LogP contribution in [0.5, 0.6) is 5.88 Å². The average Bonchev–Trinajstić information content (AvgIpc) is 3.36. The third-order valence-electron chi connectivity index (χ3n) is 5.13. The lowest BCUT2D eigenvalue weighted by molar-refractivity contribution is 0.454. The van der Waals surface area contributed by atoms with Crippen molar-refractivity contribution in [2.24, 2.45) is 4.99 Å². The van der Waals surface area contributed by atoms with Crippen LogP contribution in [-0.4, -0.2) is 35.7 Å². The molecule has 4 N–H and O–H groups in total. The standard InChI is InChI=1S/C21H19F2N7O2/c1-10(11-4-13(22)7-14(23)5-11)25-17-8-18(26-15-2-3-15)30-19(28-17)12(9-24-30)6-16-20(31)29-21(32)27-16/h4-10,15,25,31H,2-3H2,1H3,(H2,27,29,32)/b12-6+,26-18?. The Morgan fingerprint density at radius 2 is 2.00 bits per heavy atom. The zero-order valence-corrected chi connectivity index (χ0v) is 16.9. The lowest BCUT2D eigenvalue weighted by atomic mass is 10.1. The molecule has 32 heavy (non-hydrogen) atoms. The number of anilines is 1. The zero-order valence-electron chi connectivity index (χ0n) is 16.9. The molecule has 0 saturated heterocycles. The predicted molar refractivity (Wildman–Crippen MR) is 112 cm³/mol. The molecule has 1 aliphatic rings. The van der Waals surface area contributed by atoms with Gasteiger partial charge >= 0.3 is 5.69 Å². The van der Waals surface area contributed by atoms with Crippen LogP contribution in [0.25, 0.3) is 11.7 Å². The molecular formula is C21H19F2N7O2. The first kappa shape index (κ1) is 19.9. The van der Waals surface area contributed by atoms with Gasteiger partial charge in [0.15, 0.2) is 11.1 Å². The Morgan fingerprint density at radius 1 is 1.25 bits per heavy atom. The maximum Gasteiger partial charge on any atom is 0.326 e. The molecule has 1 saturated carbocycles. The van der Waals surface area contributed by atoms with Crippen molar-refractivity contribution in [1.82, 2.24) is 24.6 Å².